The molecule has 5 nitrogen and oxygen atoms in total. The molecule has 0 aromatic rings. The summed E-state index contributed by atoms with van der Waals surface area (Å²) >= 11 is 0. The lowest BCUT2D eigenvalue weighted by Crippen LogP contribution is -2.43. The molecule has 0 aliphatic carbocycles. The molecule has 0 unspecified atom stereocenters. The molecule has 0 fully saturated rings. The normalized spacial score (nSPS) is 12.5. The molecule has 142 valence electrons. The van der Waals surface area contributed by atoms with Gasteiger partial charge < -0.3 is 10.6 Å². The van der Waals surface area contributed by atoms with E-state index in [2.05, 4.69) is 29.8 Å². The van der Waals surface area contributed by atoms with E-state index < -0.39 is 12.6 Å². The van der Waals surface area contributed by atoms with Crippen molar-refractivity contribution in [3.8, 4) is 0 Å². The van der Waals surface area contributed by atoms with Crippen LogP contribution in [0.25, 0.3) is 0 Å². The number of carbonyl (C=O) groups is 2. The number of hydrogen-bond donors (Lipinski definition) is 3. The fourth-order valence-corrected chi connectivity index (χ4v) is 2.44. The molecule has 0 rings (SSSR count). The number of urea groups is 1. The first-order valence-electron chi connectivity index (χ1n) is 10.4. The third-order valence-corrected chi connectivity index (χ3v) is 3.93. The minimum absolute atomic E-state index is 0.00750. The fourth-order valence-electron chi connectivity index (χ4n) is 2.44. The van der Waals surface area contributed by atoms with E-state index in [-0.39, 0.29) is 12.5 Å². The van der Waals surface area contributed by atoms with Gasteiger partial charge in [0.15, 0.2) is 0 Å². The Kier molecular flexibility index (Phi) is 15.9. The number of nitrogens with one attached hydrogen (secondary N) is 3. The molecule has 0 radical (unpaired) electrons. The molecule has 0 aliphatic rings. The quantitative estimate of drug-likeness (QED) is 0.369. The molecule has 0 spiro atoms. The molecular formula is C19H39N3O2. The second-order valence-corrected chi connectivity index (χ2v) is 6.36. The van der Waals surface area contributed by atoms with Crippen LogP contribution in [0.15, 0.2) is 0 Å². The monoisotopic (exact) mass is 342 g/mol. The molecule has 0 heterocycles. The Bertz CT molecular complexity index is 341. The van der Waals surface area contributed by atoms with Crippen LogP contribution in [0.1, 0.15) is 92.3 Å². The second kappa shape index (κ2) is 18.2. The van der Waals surface area contributed by atoms with Crippen LogP contribution in [0.3, 0.4) is 0 Å². The molecule has 0 aromatic heterocycles. The van der Waals surface area contributed by atoms with Gasteiger partial charge in [-0.05, 0) is 19.4 Å². The number of amides is 3. The minimum atomic E-state index is -0.446. The molecule has 24 heavy (non-hydrogen) atoms. The first-order chi connectivity index (χ1) is 12.1. The molecule has 5 heteroatoms. The van der Waals surface area contributed by atoms with Gasteiger partial charge in [-0.2, -0.15) is 0 Å². The summed E-state index contributed by atoms with van der Waals surface area (Å²) in [6.45, 7) is 4.52. The third kappa shape index (κ3) is 17.3. The molecule has 0 bridgehead atoms. The summed E-state index contributed by atoms with van der Waals surface area (Å²) in [5, 5.41) is 7.85. The van der Waals surface area contributed by atoms with E-state index in [1.165, 1.54) is 44.9 Å². The summed E-state index contributed by atoms with van der Waals surface area (Å²) in [7, 11) is 0. The van der Waals surface area contributed by atoms with Crippen molar-refractivity contribution in [2.45, 2.75) is 90.9 Å². The van der Waals surface area contributed by atoms with Crippen molar-refractivity contribution >= 4 is 11.9 Å². The lowest BCUT2D eigenvalue weighted by molar-refractivity contribution is -0.119. The lowest BCUT2D eigenvalue weighted by Gasteiger charge is -2.08. The number of carbonyl (C=O) groups excluding carboxylic acids is 2. The third-order valence-electron chi connectivity index (χ3n) is 3.93. The maximum Gasteiger partial charge on any atom is 0.321 e. The molecule has 0 saturated heterocycles. The van der Waals surface area contributed by atoms with Gasteiger partial charge in [0.05, 0.1) is 6.54 Å². The van der Waals surface area contributed by atoms with Crippen LogP contribution in [0, 0.1) is 0 Å². The first-order valence-corrected chi connectivity index (χ1v) is 9.83. The van der Waals surface area contributed by atoms with Gasteiger partial charge >= 0.3 is 6.03 Å². The van der Waals surface area contributed by atoms with E-state index in [9.17, 15) is 9.59 Å². The van der Waals surface area contributed by atoms with E-state index >= 15 is 0 Å². The molecule has 0 saturated carbocycles. The SMILES string of the molecule is [2H][C@H](CCCCCCC)NCC(=O)NC(=O)NCCCCCCCC. The molecule has 0 aromatic carbocycles. The largest absolute Gasteiger partial charge is 0.338 e. The highest BCUT2D eigenvalue weighted by Gasteiger charge is 2.06. The summed E-state index contributed by atoms with van der Waals surface area (Å²) in [5.41, 5.74) is 0. The van der Waals surface area contributed by atoms with Gasteiger partial charge in [-0.25, -0.2) is 4.79 Å². The van der Waals surface area contributed by atoms with E-state index in [0.717, 1.165) is 32.1 Å². The average Bonchev–Trinajstić information content (AvgIpc) is 2.59. The predicted molar refractivity (Wildman–Crippen MR) is 101 cm³/mol. The van der Waals surface area contributed by atoms with Crippen LogP contribution in [-0.2, 0) is 4.79 Å². The van der Waals surface area contributed by atoms with Crippen LogP contribution >= 0.6 is 0 Å². The summed E-state index contributed by atoms with van der Waals surface area (Å²) in [4.78, 5) is 23.3. The number of rotatable bonds is 16. The van der Waals surface area contributed by atoms with Crippen LogP contribution in [-0.4, -0.2) is 31.5 Å². The van der Waals surface area contributed by atoms with Crippen LogP contribution < -0.4 is 16.0 Å². The van der Waals surface area contributed by atoms with Crippen molar-refractivity contribution in [1.82, 2.24) is 16.0 Å². The lowest BCUT2D eigenvalue weighted by atomic mass is 10.1. The summed E-state index contributed by atoms with van der Waals surface area (Å²) in [6.07, 6.45) is 13.5. The highest BCUT2D eigenvalue weighted by atomic mass is 16.2. The number of hydrogen-bond acceptors (Lipinski definition) is 3. The Morgan fingerprint density at radius 1 is 0.792 bits per heavy atom. The van der Waals surface area contributed by atoms with Gasteiger partial charge in [0.25, 0.3) is 0 Å². The van der Waals surface area contributed by atoms with Gasteiger partial charge in [0.1, 0.15) is 0 Å². The predicted octanol–water partition coefficient (Wildman–Crippen LogP) is 4.12. The number of imide groups is 1. The molecular weight excluding hydrogens is 302 g/mol. The minimum Gasteiger partial charge on any atom is -0.338 e. The van der Waals surface area contributed by atoms with E-state index in [4.69, 9.17) is 1.37 Å². The summed E-state index contributed by atoms with van der Waals surface area (Å²) < 4.78 is 7.84. The maximum absolute atomic E-state index is 11.7. The van der Waals surface area contributed by atoms with Crippen LogP contribution in [0.2, 0.25) is 0 Å². The summed E-state index contributed by atoms with van der Waals surface area (Å²) in [6, 6.07) is -0.443. The van der Waals surface area contributed by atoms with Crippen molar-refractivity contribution < 1.29 is 11.0 Å². The Morgan fingerprint density at radius 2 is 1.33 bits per heavy atom. The Morgan fingerprint density at radius 3 is 1.96 bits per heavy atom. The second-order valence-electron chi connectivity index (χ2n) is 6.36. The van der Waals surface area contributed by atoms with Gasteiger partial charge in [-0.1, -0.05) is 78.1 Å². The van der Waals surface area contributed by atoms with Gasteiger partial charge in [0.2, 0.25) is 5.91 Å². The first kappa shape index (κ1) is 20.9. The Balaban J connectivity index is 3.52. The highest BCUT2D eigenvalue weighted by Crippen LogP contribution is 2.04. The van der Waals surface area contributed by atoms with Crippen molar-refractivity contribution in [3.63, 3.8) is 0 Å². The zero-order valence-electron chi connectivity index (χ0n) is 16.8. The fraction of sp³-hybridized carbons (Fsp3) is 0.895. The van der Waals surface area contributed by atoms with E-state index in [1.807, 2.05) is 0 Å². The number of unbranched alkanes of at least 4 members (excludes halogenated alkanes) is 9. The smallest absolute Gasteiger partial charge is 0.321 e. The molecule has 3 amide bonds. The van der Waals surface area contributed by atoms with Crippen molar-refractivity contribution in [2.24, 2.45) is 0 Å². The average molecular weight is 343 g/mol. The van der Waals surface area contributed by atoms with Gasteiger partial charge in [-0.3, -0.25) is 10.1 Å². The maximum atomic E-state index is 11.7. The Hall–Kier alpha value is -1.10. The zero-order valence-corrected chi connectivity index (χ0v) is 15.8. The molecule has 1 atom stereocenters. The van der Waals surface area contributed by atoms with Crippen LogP contribution in [0.4, 0.5) is 4.79 Å². The summed E-state index contributed by atoms with van der Waals surface area (Å²) in [5.74, 6) is -0.385. The zero-order chi connectivity index (χ0) is 18.8. The topological polar surface area (TPSA) is 70.2 Å². The standard InChI is InChI=1S/C19H39N3O2/c1-3-5-7-9-11-13-15-20-17-18(23)22-19(24)21-16-14-12-10-8-6-4-2/h20H,3-17H2,1-2H3,(H2,21,22,23,24)/i15D/t15-/m1/s1. The van der Waals surface area contributed by atoms with Gasteiger partial charge in [-0.15, -0.1) is 0 Å². The van der Waals surface area contributed by atoms with E-state index in [0.29, 0.717) is 6.54 Å². The van der Waals surface area contributed by atoms with Crippen LogP contribution in [0.5, 0.6) is 0 Å². The Labute approximate surface area is 150 Å². The molecule has 3 N–H and O–H groups in total. The van der Waals surface area contributed by atoms with Crippen molar-refractivity contribution in [1.29, 1.82) is 0 Å². The highest BCUT2D eigenvalue weighted by molar-refractivity contribution is 5.95. The van der Waals surface area contributed by atoms with Crippen molar-refractivity contribution in [3.05, 3.63) is 0 Å². The van der Waals surface area contributed by atoms with E-state index in [1.54, 1.807) is 0 Å². The van der Waals surface area contributed by atoms with Gasteiger partial charge in [0, 0.05) is 7.92 Å². The van der Waals surface area contributed by atoms with Crippen molar-refractivity contribution in [2.75, 3.05) is 19.6 Å². The molecule has 0 aliphatic heterocycles.